The summed E-state index contributed by atoms with van der Waals surface area (Å²) >= 11 is 0. The fourth-order valence-corrected chi connectivity index (χ4v) is 1.31. The lowest BCUT2D eigenvalue weighted by Gasteiger charge is -1.94. The topological polar surface area (TPSA) is 56.2 Å². The lowest BCUT2D eigenvalue weighted by Crippen LogP contribution is -2.10. The van der Waals surface area contributed by atoms with Crippen molar-refractivity contribution >= 4 is 16.9 Å². The first kappa shape index (κ1) is 7.86. The third-order valence-corrected chi connectivity index (χ3v) is 2.05. The van der Waals surface area contributed by atoms with Gasteiger partial charge in [0, 0.05) is 10.9 Å². The molecule has 0 bridgehead atoms. The number of aryl methyl sites for hydroxylation is 1. The van der Waals surface area contributed by atoms with Crippen LogP contribution in [0.4, 0.5) is 0 Å². The fourth-order valence-electron chi connectivity index (χ4n) is 1.31. The number of hydrogen-bond acceptors (Lipinski definition) is 2. The number of primary amides is 1. The second-order valence-corrected chi connectivity index (χ2v) is 2.99. The van der Waals surface area contributed by atoms with Gasteiger partial charge in [-0.3, -0.25) is 4.79 Å². The van der Waals surface area contributed by atoms with Gasteiger partial charge in [-0.1, -0.05) is 6.07 Å². The highest BCUT2D eigenvalue weighted by Crippen LogP contribution is 2.21. The van der Waals surface area contributed by atoms with E-state index in [-0.39, 0.29) is 0 Å². The van der Waals surface area contributed by atoms with Crippen LogP contribution in [0, 0.1) is 6.92 Å². The molecule has 0 aliphatic carbocycles. The van der Waals surface area contributed by atoms with Crippen molar-refractivity contribution in [3.05, 3.63) is 35.6 Å². The summed E-state index contributed by atoms with van der Waals surface area (Å²) in [6, 6.07) is 5.20. The van der Waals surface area contributed by atoms with Crippen LogP contribution in [-0.4, -0.2) is 5.91 Å². The van der Waals surface area contributed by atoms with E-state index in [9.17, 15) is 4.79 Å². The average Bonchev–Trinajstić information content (AvgIpc) is 2.47. The van der Waals surface area contributed by atoms with E-state index >= 15 is 0 Å². The quantitative estimate of drug-likeness (QED) is 0.718. The van der Waals surface area contributed by atoms with Crippen LogP contribution in [0.25, 0.3) is 11.0 Å². The molecule has 2 N–H and O–H groups in total. The monoisotopic (exact) mass is 175 g/mol. The Morgan fingerprint density at radius 3 is 2.92 bits per heavy atom. The van der Waals surface area contributed by atoms with E-state index < -0.39 is 5.91 Å². The third-order valence-electron chi connectivity index (χ3n) is 2.05. The Balaban J connectivity index is 2.70. The molecule has 0 saturated carbocycles. The summed E-state index contributed by atoms with van der Waals surface area (Å²) in [6.07, 6.45) is 1.66. The van der Waals surface area contributed by atoms with E-state index in [0.717, 1.165) is 10.9 Å². The molecule has 0 radical (unpaired) electrons. The van der Waals surface area contributed by atoms with Crippen LogP contribution >= 0.6 is 0 Å². The summed E-state index contributed by atoms with van der Waals surface area (Å²) in [4.78, 5) is 10.8. The van der Waals surface area contributed by atoms with Crippen molar-refractivity contribution in [2.45, 2.75) is 6.92 Å². The molecule has 0 aliphatic heterocycles. The zero-order valence-electron chi connectivity index (χ0n) is 7.20. The average molecular weight is 175 g/mol. The maximum atomic E-state index is 10.8. The molecule has 0 fully saturated rings. The second kappa shape index (κ2) is 2.62. The number of furan rings is 1. The first-order valence-electron chi connectivity index (χ1n) is 3.96. The summed E-state index contributed by atoms with van der Waals surface area (Å²) < 4.78 is 5.23. The van der Waals surface area contributed by atoms with Crippen LogP contribution in [0.5, 0.6) is 0 Å². The van der Waals surface area contributed by atoms with Crippen LogP contribution < -0.4 is 5.73 Å². The van der Waals surface area contributed by atoms with Gasteiger partial charge < -0.3 is 10.2 Å². The Morgan fingerprint density at radius 1 is 1.46 bits per heavy atom. The SMILES string of the molecule is Cc1coc2cc(C(N)=O)ccc12. The number of amides is 1. The number of carbonyl (C=O) groups is 1. The summed E-state index contributed by atoms with van der Waals surface area (Å²) in [6.45, 7) is 1.95. The van der Waals surface area contributed by atoms with Crippen LogP contribution in [0.1, 0.15) is 15.9 Å². The maximum Gasteiger partial charge on any atom is 0.248 e. The van der Waals surface area contributed by atoms with Gasteiger partial charge in [0.2, 0.25) is 5.91 Å². The van der Waals surface area contributed by atoms with Crippen LogP contribution in [0.15, 0.2) is 28.9 Å². The molecular weight excluding hydrogens is 166 g/mol. The maximum absolute atomic E-state index is 10.8. The summed E-state index contributed by atoms with van der Waals surface area (Å²) in [7, 11) is 0. The van der Waals surface area contributed by atoms with E-state index in [1.165, 1.54) is 0 Å². The van der Waals surface area contributed by atoms with Gasteiger partial charge in [0.05, 0.1) is 6.26 Å². The van der Waals surface area contributed by atoms with E-state index in [0.29, 0.717) is 11.1 Å². The molecule has 2 rings (SSSR count). The Morgan fingerprint density at radius 2 is 2.23 bits per heavy atom. The molecule has 0 aliphatic rings. The Bertz CT molecular complexity index is 471. The molecular formula is C10H9NO2. The number of fused-ring (bicyclic) bond motifs is 1. The molecule has 1 aromatic heterocycles. The second-order valence-electron chi connectivity index (χ2n) is 2.99. The molecule has 0 atom stereocenters. The van der Waals surface area contributed by atoms with Crippen molar-refractivity contribution in [2.75, 3.05) is 0 Å². The predicted octanol–water partition coefficient (Wildman–Crippen LogP) is 1.84. The van der Waals surface area contributed by atoms with Gasteiger partial charge in [0.1, 0.15) is 5.58 Å². The van der Waals surface area contributed by atoms with Crippen LogP contribution in [0.2, 0.25) is 0 Å². The van der Waals surface area contributed by atoms with Crippen molar-refractivity contribution in [3.8, 4) is 0 Å². The molecule has 66 valence electrons. The van der Waals surface area contributed by atoms with E-state index in [2.05, 4.69) is 0 Å². The van der Waals surface area contributed by atoms with Gasteiger partial charge in [-0.25, -0.2) is 0 Å². The largest absolute Gasteiger partial charge is 0.464 e. The fraction of sp³-hybridized carbons (Fsp3) is 0.100. The molecule has 0 saturated heterocycles. The Hall–Kier alpha value is -1.77. The molecule has 1 heterocycles. The molecule has 1 aromatic carbocycles. The smallest absolute Gasteiger partial charge is 0.248 e. The van der Waals surface area contributed by atoms with E-state index in [4.69, 9.17) is 10.2 Å². The number of benzene rings is 1. The van der Waals surface area contributed by atoms with Gasteiger partial charge >= 0.3 is 0 Å². The zero-order valence-corrected chi connectivity index (χ0v) is 7.20. The summed E-state index contributed by atoms with van der Waals surface area (Å²) in [5, 5.41) is 1.02. The van der Waals surface area contributed by atoms with E-state index in [1.54, 1.807) is 18.4 Å². The number of rotatable bonds is 1. The van der Waals surface area contributed by atoms with E-state index in [1.807, 2.05) is 13.0 Å². The van der Waals surface area contributed by atoms with Crippen molar-refractivity contribution < 1.29 is 9.21 Å². The number of hydrogen-bond donors (Lipinski definition) is 1. The summed E-state index contributed by atoms with van der Waals surface area (Å²) in [5.41, 5.74) is 7.37. The highest BCUT2D eigenvalue weighted by atomic mass is 16.3. The van der Waals surface area contributed by atoms with Crippen molar-refractivity contribution in [3.63, 3.8) is 0 Å². The predicted molar refractivity (Wildman–Crippen MR) is 49.5 cm³/mol. The minimum Gasteiger partial charge on any atom is -0.464 e. The normalized spacial score (nSPS) is 10.5. The van der Waals surface area contributed by atoms with Crippen LogP contribution in [-0.2, 0) is 0 Å². The van der Waals surface area contributed by atoms with Gasteiger partial charge in [0.25, 0.3) is 0 Å². The van der Waals surface area contributed by atoms with Crippen molar-refractivity contribution in [2.24, 2.45) is 5.73 Å². The van der Waals surface area contributed by atoms with Crippen LogP contribution in [0.3, 0.4) is 0 Å². The minimum absolute atomic E-state index is 0.434. The Kier molecular flexibility index (Phi) is 1.59. The Labute approximate surface area is 75.1 Å². The molecule has 3 nitrogen and oxygen atoms in total. The van der Waals surface area contributed by atoms with Crippen molar-refractivity contribution in [1.82, 2.24) is 0 Å². The molecule has 13 heavy (non-hydrogen) atoms. The third kappa shape index (κ3) is 1.18. The summed E-state index contributed by atoms with van der Waals surface area (Å²) in [5.74, 6) is -0.434. The minimum atomic E-state index is -0.434. The number of nitrogens with two attached hydrogens (primary N) is 1. The lowest BCUT2D eigenvalue weighted by molar-refractivity contribution is 0.100. The van der Waals surface area contributed by atoms with Gasteiger partial charge in [-0.15, -0.1) is 0 Å². The highest BCUT2D eigenvalue weighted by molar-refractivity contribution is 5.96. The number of carbonyl (C=O) groups excluding carboxylic acids is 1. The van der Waals surface area contributed by atoms with Gasteiger partial charge in [-0.2, -0.15) is 0 Å². The molecule has 0 spiro atoms. The highest BCUT2D eigenvalue weighted by Gasteiger charge is 2.05. The lowest BCUT2D eigenvalue weighted by atomic mass is 10.1. The van der Waals surface area contributed by atoms with Gasteiger partial charge in [-0.05, 0) is 24.6 Å². The molecule has 2 aromatic rings. The zero-order chi connectivity index (χ0) is 9.42. The molecule has 3 heteroatoms. The van der Waals surface area contributed by atoms with Crippen molar-refractivity contribution in [1.29, 1.82) is 0 Å². The first-order valence-corrected chi connectivity index (χ1v) is 3.96. The van der Waals surface area contributed by atoms with Gasteiger partial charge in [0.15, 0.2) is 0 Å². The molecule has 1 amide bonds. The standard InChI is InChI=1S/C10H9NO2/c1-6-5-13-9-4-7(10(11)12)2-3-8(6)9/h2-5H,1H3,(H2,11,12). The first-order chi connectivity index (χ1) is 6.18. The molecule has 0 unspecified atom stereocenters.